The number of aromatic carboxylic acids is 1. The lowest BCUT2D eigenvalue weighted by Crippen LogP contribution is -2.22. The molecule has 0 atom stereocenters. The minimum atomic E-state index is -1.21. The molecule has 0 radical (unpaired) electrons. The third-order valence-electron chi connectivity index (χ3n) is 8.02. The predicted molar refractivity (Wildman–Crippen MR) is 190 cm³/mol. The molecule has 0 saturated carbocycles. The van der Waals surface area contributed by atoms with Gasteiger partial charge in [-0.2, -0.15) is 0 Å². The maximum atomic E-state index is 12.5. The van der Waals surface area contributed by atoms with E-state index in [0.717, 1.165) is 28.0 Å². The Kier molecular flexibility index (Phi) is 10.4. The van der Waals surface area contributed by atoms with E-state index < -0.39 is 17.3 Å². The van der Waals surface area contributed by atoms with Crippen LogP contribution >= 0.6 is 0 Å². The van der Waals surface area contributed by atoms with Gasteiger partial charge in [-0.05, 0) is 111 Å². The number of hydrogen-bond acceptors (Lipinski definition) is 5. The van der Waals surface area contributed by atoms with Crippen molar-refractivity contribution in [2.45, 2.75) is 41.5 Å². The summed E-state index contributed by atoms with van der Waals surface area (Å²) in [6.45, 7) is 12.2. The zero-order chi connectivity index (χ0) is 34.4. The van der Waals surface area contributed by atoms with Crippen LogP contribution in [0.1, 0.15) is 54.1 Å². The van der Waals surface area contributed by atoms with Gasteiger partial charge in [-0.25, -0.2) is 4.79 Å². The number of amides is 1. The predicted octanol–water partition coefficient (Wildman–Crippen LogP) is 7.13. The molecule has 0 fully saturated rings. The summed E-state index contributed by atoms with van der Waals surface area (Å²) in [5, 5.41) is 12.5. The number of nitrogens with one attached hydrogen (secondary N) is 3. The lowest BCUT2D eigenvalue weighted by molar-refractivity contribution is 0.0695. The second kappa shape index (κ2) is 14.4. The number of nitrogen functional groups attached to an aromatic ring is 1. The van der Waals surface area contributed by atoms with Crippen molar-refractivity contribution in [1.82, 2.24) is 9.97 Å². The summed E-state index contributed by atoms with van der Waals surface area (Å²) in [5.74, 6) is -1.61. The molecule has 0 aliphatic carbocycles. The highest BCUT2D eigenvalue weighted by Crippen LogP contribution is 2.21. The topological polar surface area (TPSA) is 158 Å². The number of carboxylic acids is 1. The third-order valence-corrected chi connectivity index (χ3v) is 8.02. The number of anilines is 2. The number of aromatic amines is 2. The van der Waals surface area contributed by atoms with Crippen LogP contribution in [0.25, 0.3) is 21.8 Å². The van der Waals surface area contributed by atoms with Crippen LogP contribution in [0.5, 0.6) is 0 Å². The van der Waals surface area contributed by atoms with Crippen LogP contribution < -0.4 is 21.9 Å². The van der Waals surface area contributed by atoms with Crippen molar-refractivity contribution >= 4 is 45.1 Å². The molecule has 47 heavy (non-hydrogen) atoms. The zero-order valence-corrected chi connectivity index (χ0v) is 27.2. The molecule has 6 aromatic rings. The van der Waals surface area contributed by atoms with Gasteiger partial charge in [0.2, 0.25) is 10.9 Å². The number of benzene rings is 4. The van der Waals surface area contributed by atoms with Crippen LogP contribution in [-0.4, -0.2) is 27.0 Å². The van der Waals surface area contributed by atoms with Gasteiger partial charge in [0, 0.05) is 45.6 Å². The van der Waals surface area contributed by atoms with Crippen LogP contribution in [0, 0.1) is 41.5 Å². The fourth-order valence-electron chi connectivity index (χ4n) is 4.93. The summed E-state index contributed by atoms with van der Waals surface area (Å²) >= 11 is 0. The van der Waals surface area contributed by atoms with Crippen LogP contribution in [-0.2, 0) is 0 Å². The molecule has 240 valence electrons. The monoisotopic (exact) mass is 630 g/mol. The van der Waals surface area contributed by atoms with Gasteiger partial charge in [0.25, 0.3) is 5.91 Å². The fraction of sp³-hybridized carbons (Fsp3) is 0.158. The molecule has 2 aromatic heterocycles. The van der Waals surface area contributed by atoms with Crippen LogP contribution in [0.3, 0.4) is 0 Å². The standard InChI is InChI=1S/C19H18N2O2.C10H7NO3.C9H13N/c1-11-8-13(3)17(9-12(11)2)21-19(23)15-10-20-16-7-5-4-6-14(16)18(15)22;12-9-6-3-1-2-4-8(6)11-5-7(9)10(13)14;1-6-4-8(3)9(10)5-7(6)2/h4-10H,1-3H3,(H,20,22)(H,21,23);1-5H,(H,11,12)(H,13,14);4-5H,10H2,1-3H3. The lowest BCUT2D eigenvalue weighted by atomic mass is 10.0. The molecule has 0 aliphatic rings. The minimum absolute atomic E-state index is 0.112. The molecule has 0 bridgehead atoms. The van der Waals surface area contributed by atoms with E-state index in [4.69, 9.17) is 10.8 Å². The van der Waals surface area contributed by atoms with E-state index in [1.807, 2.05) is 58.0 Å². The van der Waals surface area contributed by atoms with E-state index in [9.17, 15) is 19.2 Å². The molecule has 2 heterocycles. The van der Waals surface area contributed by atoms with Gasteiger partial charge in [0.1, 0.15) is 11.1 Å². The minimum Gasteiger partial charge on any atom is -0.477 e. The number of carbonyl (C=O) groups is 2. The van der Waals surface area contributed by atoms with Crippen LogP contribution in [0.4, 0.5) is 11.4 Å². The molecule has 9 nitrogen and oxygen atoms in total. The SMILES string of the molecule is Cc1cc(C)c(N)cc1C.Cc1cc(C)c(NC(=O)c2c[nH]c3ccccc3c2=O)cc1C.O=C(O)c1c[nH]c2ccccc2c1=O. The van der Waals surface area contributed by atoms with E-state index in [1.54, 1.807) is 36.4 Å². The first kappa shape index (κ1) is 33.9. The highest BCUT2D eigenvalue weighted by molar-refractivity contribution is 6.06. The van der Waals surface area contributed by atoms with E-state index in [1.165, 1.54) is 34.6 Å². The quantitative estimate of drug-likeness (QED) is 0.131. The van der Waals surface area contributed by atoms with Gasteiger partial charge in [-0.3, -0.25) is 14.4 Å². The Balaban J connectivity index is 0.000000177. The second-order valence-electron chi connectivity index (χ2n) is 11.5. The van der Waals surface area contributed by atoms with E-state index in [0.29, 0.717) is 16.3 Å². The molecule has 0 unspecified atom stereocenters. The summed E-state index contributed by atoms with van der Waals surface area (Å²) in [6, 6.07) is 22.0. The third kappa shape index (κ3) is 7.83. The highest BCUT2D eigenvalue weighted by atomic mass is 16.4. The number of aryl methyl sites for hydroxylation is 6. The van der Waals surface area contributed by atoms with Gasteiger partial charge < -0.3 is 26.1 Å². The molecule has 6 rings (SSSR count). The molecule has 0 spiro atoms. The van der Waals surface area contributed by atoms with Crippen molar-refractivity contribution in [3.05, 3.63) is 150 Å². The van der Waals surface area contributed by atoms with Crippen molar-refractivity contribution in [3.8, 4) is 0 Å². The lowest BCUT2D eigenvalue weighted by Gasteiger charge is -2.11. The van der Waals surface area contributed by atoms with E-state index >= 15 is 0 Å². The van der Waals surface area contributed by atoms with Crippen molar-refractivity contribution in [1.29, 1.82) is 0 Å². The first-order chi connectivity index (χ1) is 22.3. The first-order valence-corrected chi connectivity index (χ1v) is 14.9. The first-order valence-electron chi connectivity index (χ1n) is 14.9. The number of aromatic nitrogens is 2. The van der Waals surface area contributed by atoms with Gasteiger partial charge in [-0.1, -0.05) is 36.4 Å². The summed E-state index contributed by atoms with van der Waals surface area (Å²) in [6.07, 6.45) is 2.68. The van der Waals surface area contributed by atoms with Crippen LogP contribution in [0.2, 0.25) is 0 Å². The molecular weight excluding hydrogens is 592 g/mol. The Morgan fingerprint density at radius 1 is 0.617 bits per heavy atom. The molecular formula is C38H38N4O5. The fourth-order valence-corrected chi connectivity index (χ4v) is 4.93. The molecule has 9 heteroatoms. The number of fused-ring (bicyclic) bond motifs is 2. The maximum Gasteiger partial charge on any atom is 0.341 e. The van der Waals surface area contributed by atoms with E-state index in [2.05, 4.69) is 35.2 Å². The number of hydrogen-bond donors (Lipinski definition) is 5. The van der Waals surface area contributed by atoms with Crippen molar-refractivity contribution < 1.29 is 14.7 Å². The van der Waals surface area contributed by atoms with Gasteiger partial charge in [0.05, 0.1) is 0 Å². The van der Waals surface area contributed by atoms with E-state index in [-0.39, 0.29) is 16.6 Å². The summed E-state index contributed by atoms with van der Waals surface area (Å²) < 4.78 is 0. The molecule has 0 aliphatic heterocycles. The average molecular weight is 631 g/mol. The average Bonchev–Trinajstić information content (AvgIpc) is 3.04. The smallest absolute Gasteiger partial charge is 0.341 e. The number of rotatable bonds is 3. The van der Waals surface area contributed by atoms with Gasteiger partial charge >= 0.3 is 5.97 Å². The Hall–Kier alpha value is -5.96. The molecule has 0 saturated heterocycles. The Labute approximate surface area is 272 Å². The second-order valence-corrected chi connectivity index (χ2v) is 11.5. The zero-order valence-electron chi connectivity index (χ0n) is 27.2. The Bertz CT molecular complexity index is 2200. The summed E-state index contributed by atoms with van der Waals surface area (Å²) in [4.78, 5) is 53.0. The number of pyridine rings is 2. The summed E-state index contributed by atoms with van der Waals surface area (Å²) in [7, 11) is 0. The van der Waals surface area contributed by atoms with Crippen LogP contribution in [0.15, 0.2) is 94.8 Å². The number of para-hydroxylation sites is 2. The highest BCUT2D eigenvalue weighted by Gasteiger charge is 2.14. The Morgan fingerprint density at radius 3 is 1.60 bits per heavy atom. The van der Waals surface area contributed by atoms with Crippen molar-refractivity contribution in [2.75, 3.05) is 11.1 Å². The molecule has 4 aromatic carbocycles. The van der Waals surface area contributed by atoms with Gasteiger partial charge in [0.15, 0.2) is 0 Å². The molecule has 6 N–H and O–H groups in total. The van der Waals surface area contributed by atoms with Crippen molar-refractivity contribution in [3.63, 3.8) is 0 Å². The number of carboxylic acid groups (broad SMARTS) is 1. The van der Waals surface area contributed by atoms with Gasteiger partial charge in [-0.15, -0.1) is 0 Å². The molecule has 1 amide bonds. The normalized spacial score (nSPS) is 10.4. The number of carbonyl (C=O) groups excluding carboxylic acids is 1. The number of nitrogens with two attached hydrogens (primary N) is 1. The largest absolute Gasteiger partial charge is 0.477 e. The number of H-pyrrole nitrogens is 2. The van der Waals surface area contributed by atoms with Crippen molar-refractivity contribution in [2.24, 2.45) is 0 Å². The maximum absolute atomic E-state index is 12.5. The Morgan fingerprint density at radius 2 is 1.06 bits per heavy atom. The summed E-state index contributed by atoms with van der Waals surface area (Å²) in [5.41, 5.74) is 14.8.